The predicted molar refractivity (Wildman–Crippen MR) is 101 cm³/mol. The van der Waals surface area contributed by atoms with Crippen molar-refractivity contribution in [3.05, 3.63) is 11.6 Å². The number of hydrogen-bond donors (Lipinski definition) is 0. The maximum atomic E-state index is 12.6. The zero-order chi connectivity index (χ0) is 18.1. The average Bonchev–Trinajstić information content (AvgIpc) is 3.36. The number of rotatable bonds is 5. The fourth-order valence-electron chi connectivity index (χ4n) is 5.02. The van der Waals surface area contributed by atoms with Gasteiger partial charge in [-0.1, -0.05) is 12.8 Å². The molecule has 1 aromatic heterocycles. The molecule has 0 bridgehead atoms. The van der Waals surface area contributed by atoms with Crippen molar-refractivity contribution in [2.75, 3.05) is 26.7 Å². The van der Waals surface area contributed by atoms with E-state index in [0.717, 1.165) is 31.2 Å². The van der Waals surface area contributed by atoms with E-state index >= 15 is 0 Å². The zero-order valence-electron chi connectivity index (χ0n) is 16.4. The highest BCUT2D eigenvalue weighted by atomic mass is 16.2. The first kappa shape index (κ1) is 18.0. The first-order valence-corrected chi connectivity index (χ1v) is 10.6. The molecule has 3 aliphatic rings. The molecular formula is C20H33N5O. The van der Waals surface area contributed by atoms with Crippen molar-refractivity contribution in [3.63, 3.8) is 0 Å². The summed E-state index contributed by atoms with van der Waals surface area (Å²) in [4.78, 5) is 22.0. The molecule has 1 unspecified atom stereocenters. The summed E-state index contributed by atoms with van der Waals surface area (Å²) in [5.41, 5.74) is 0. The standard InChI is InChI=1S/C20H33N5O/c1-3-25-20(16-13-19(26)24(14-16)17-6-4-5-7-17)21-18(22-25)12-15-8-10-23(2)11-9-15/h15-17H,3-14H2,1-2H3. The number of aryl methyl sites for hydroxylation is 1. The number of carbonyl (C=O) groups is 1. The van der Waals surface area contributed by atoms with E-state index in [1.807, 2.05) is 0 Å². The van der Waals surface area contributed by atoms with Crippen LogP contribution in [-0.2, 0) is 17.8 Å². The molecule has 0 radical (unpaired) electrons. The maximum Gasteiger partial charge on any atom is 0.223 e. The summed E-state index contributed by atoms with van der Waals surface area (Å²) in [5.74, 6) is 3.28. The van der Waals surface area contributed by atoms with E-state index in [4.69, 9.17) is 10.1 Å². The molecule has 26 heavy (non-hydrogen) atoms. The largest absolute Gasteiger partial charge is 0.339 e. The van der Waals surface area contributed by atoms with E-state index in [1.54, 1.807) is 0 Å². The Balaban J connectivity index is 1.44. The zero-order valence-corrected chi connectivity index (χ0v) is 16.4. The molecule has 0 spiro atoms. The third-order valence-corrected chi connectivity index (χ3v) is 6.64. The van der Waals surface area contributed by atoms with Crippen molar-refractivity contribution in [3.8, 4) is 0 Å². The molecule has 0 aromatic carbocycles. The van der Waals surface area contributed by atoms with Crippen LogP contribution in [-0.4, -0.2) is 63.2 Å². The highest BCUT2D eigenvalue weighted by Gasteiger charge is 2.38. The molecule has 1 saturated carbocycles. The summed E-state index contributed by atoms with van der Waals surface area (Å²) in [5, 5.41) is 4.80. The van der Waals surface area contributed by atoms with Crippen LogP contribution in [0.3, 0.4) is 0 Å². The maximum absolute atomic E-state index is 12.6. The minimum Gasteiger partial charge on any atom is -0.339 e. The van der Waals surface area contributed by atoms with Crippen molar-refractivity contribution < 1.29 is 4.79 Å². The van der Waals surface area contributed by atoms with Crippen LogP contribution in [0.2, 0.25) is 0 Å². The van der Waals surface area contributed by atoms with Gasteiger partial charge in [0.15, 0.2) is 5.82 Å². The molecule has 144 valence electrons. The number of hydrogen-bond acceptors (Lipinski definition) is 4. The van der Waals surface area contributed by atoms with Crippen molar-refractivity contribution >= 4 is 5.91 Å². The Morgan fingerprint density at radius 3 is 2.54 bits per heavy atom. The van der Waals surface area contributed by atoms with Crippen LogP contribution >= 0.6 is 0 Å². The molecule has 2 aliphatic heterocycles. The summed E-state index contributed by atoms with van der Waals surface area (Å²) in [6, 6.07) is 0.476. The molecule has 1 atom stereocenters. The van der Waals surface area contributed by atoms with Gasteiger partial charge in [0.25, 0.3) is 0 Å². The van der Waals surface area contributed by atoms with Gasteiger partial charge < -0.3 is 9.80 Å². The molecule has 1 aliphatic carbocycles. The normalized spacial score (nSPS) is 26.3. The number of likely N-dealkylation sites (tertiary alicyclic amines) is 2. The summed E-state index contributed by atoms with van der Waals surface area (Å²) in [6.45, 7) is 6.17. The molecule has 3 heterocycles. The van der Waals surface area contributed by atoms with Gasteiger partial charge in [-0.15, -0.1) is 0 Å². The average molecular weight is 360 g/mol. The number of amides is 1. The number of aromatic nitrogens is 3. The van der Waals surface area contributed by atoms with Crippen LogP contribution in [0.25, 0.3) is 0 Å². The Morgan fingerprint density at radius 1 is 1.12 bits per heavy atom. The lowest BCUT2D eigenvalue weighted by Crippen LogP contribution is -2.34. The highest BCUT2D eigenvalue weighted by molar-refractivity contribution is 5.80. The summed E-state index contributed by atoms with van der Waals surface area (Å²) in [7, 11) is 2.20. The van der Waals surface area contributed by atoms with E-state index in [0.29, 0.717) is 24.3 Å². The van der Waals surface area contributed by atoms with E-state index in [2.05, 4.69) is 28.5 Å². The first-order chi connectivity index (χ1) is 12.6. The van der Waals surface area contributed by atoms with Gasteiger partial charge in [-0.25, -0.2) is 9.67 Å². The second-order valence-corrected chi connectivity index (χ2v) is 8.54. The van der Waals surface area contributed by atoms with Gasteiger partial charge in [-0.2, -0.15) is 5.10 Å². The smallest absolute Gasteiger partial charge is 0.223 e. The lowest BCUT2D eigenvalue weighted by molar-refractivity contribution is -0.129. The summed E-state index contributed by atoms with van der Waals surface area (Å²) in [6.07, 6.45) is 8.98. The Bertz CT molecular complexity index is 628. The highest BCUT2D eigenvalue weighted by Crippen LogP contribution is 2.33. The molecule has 3 fully saturated rings. The predicted octanol–water partition coefficient (Wildman–Crippen LogP) is 2.44. The van der Waals surface area contributed by atoms with Crippen LogP contribution in [0, 0.1) is 5.92 Å². The molecule has 4 rings (SSSR count). The molecule has 6 nitrogen and oxygen atoms in total. The minimum atomic E-state index is 0.224. The van der Waals surface area contributed by atoms with Gasteiger partial charge >= 0.3 is 0 Å². The quantitative estimate of drug-likeness (QED) is 0.810. The monoisotopic (exact) mass is 359 g/mol. The van der Waals surface area contributed by atoms with E-state index in [-0.39, 0.29) is 5.92 Å². The Morgan fingerprint density at radius 2 is 1.85 bits per heavy atom. The Kier molecular flexibility index (Phi) is 5.30. The van der Waals surface area contributed by atoms with E-state index in [9.17, 15) is 4.79 Å². The lowest BCUT2D eigenvalue weighted by Gasteiger charge is -2.28. The van der Waals surface area contributed by atoms with Crippen LogP contribution in [0.15, 0.2) is 0 Å². The first-order valence-electron chi connectivity index (χ1n) is 10.6. The second-order valence-electron chi connectivity index (χ2n) is 8.54. The Hall–Kier alpha value is -1.43. The summed E-state index contributed by atoms with van der Waals surface area (Å²) < 4.78 is 2.06. The molecular weight excluding hydrogens is 326 g/mol. The molecule has 2 saturated heterocycles. The third-order valence-electron chi connectivity index (χ3n) is 6.64. The molecule has 1 aromatic rings. The Labute approximate surface area is 156 Å². The molecule has 1 amide bonds. The van der Waals surface area contributed by atoms with Crippen LogP contribution in [0.1, 0.15) is 69.4 Å². The topological polar surface area (TPSA) is 54.3 Å². The van der Waals surface area contributed by atoms with Crippen LogP contribution in [0.4, 0.5) is 0 Å². The number of nitrogens with zero attached hydrogens (tertiary/aromatic N) is 5. The van der Waals surface area contributed by atoms with Crippen LogP contribution < -0.4 is 0 Å². The van der Waals surface area contributed by atoms with Gasteiger partial charge in [0.2, 0.25) is 5.91 Å². The van der Waals surface area contributed by atoms with Gasteiger partial charge in [-0.05, 0) is 58.7 Å². The van der Waals surface area contributed by atoms with Crippen molar-refractivity contribution in [2.45, 2.75) is 76.8 Å². The minimum absolute atomic E-state index is 0.224. The molecule has 0 N–H and O–H groups in total. The van der Waals surface area contributed by atoms with Gasteiger partial charge in [-0.3, -0.25) is 4.79 Å². The van der Waals surface area contributed by atoms with Crippen molar-refractivity contribution in [1.82, 2.24) is 24.6 Å². The van der Waals surface area contributed by atoms with Crippen molar-refractivity contribution in [1.29, 1.82) is 0 Å². The second kappa shape index (κ2) is 7.67. The third kappa shape index (κ3) is 3.66. The van der Waals surface area contributed by atoms with E-state index < -0.39 is 0 Å². The fraction of sp³-hybridized carbons (Fsp3) is 0.850. The SMILES string of the molecule is CCn1nc(CC2CCN(C)CC2)nc1C1CC(=O)N(C2CCCC2)C1. The van der Waals surface area contributed by atoms with E-state index in [1.165, 1.54) is 51.6 Å². The fourth-order valence-corrected chi connectivity index (χ4v) is 5.02. The van der Waals surface area contributed by atoms with Gasteiger partial charge in [0.05, 0.1) is 0 Å². The van der Waals surface area contributed by atoms with Gasteiger partial charge in [0.1, 0.15) is 5.82 Å². The summed E-state index contributed by atoms with van der Waals surface area (Å²) >= 11 is 0. The molecule has 6 heteroatoms. The van der Waals surface area contributed by atoms with Crippen LogP contribution in [0.5, 0.6) is 0 Å². The lowest BCUT2D eigenvalue weighted by atomic mass is 9.93. The number of piperidine rings is 1. The van der Waals surface area contributed by atoms with Gasteiger partial charge in [0, 0.05) is 37.9 Å². The van der Waals surface area contributed by atoms with Crippen molar-refractivity contribution in [2.24, 2.45) is 5.92 Å². The number of carbonyl (C=O) groups excluding carboxylic acids is 1.